The normalized spacial score (nSPS) is 9.47. The maximum Gasteiger partial charge on any atom is -0.0198 e. The second kappa shape index (κ2) is 9.26. The van der Waals surface area contributed by atoms with Crippen molar-refractivity contribution in [1.82, 2.24) is 0 Å². The number of hydrogen-bond acceptors (Lipinski definition) is 0. The van der Waals surface area contributed by atoms with Gasteiger partial charge in [-0.3, -0.25) is 0 Å². The minimum Gasteiger partial charge on any atom is -0.0991 e. The molecule has 0 saturated heterocycles. The fourth-order valence-corrected chi connectivity index (χ4v) is 1.28. The third kappa shape index (κ3) is 5.21. The summed E-state index contributed by atoms with van der Waals surface area (Å²) in [6.07, 6.45) is 3.85. The summed E-state index contributed by atoms with van der Waals surface area (Å²) < 4.78 is 0. The summed E-state index contributed by atoms with van der Waals surface area (Å²) >= 11 is 0. The average Bonchev–Trinajstić information content (AvgIpc) is 2.22. The zero-order chi connectivity index (χ0) is 11.0. The van der Waals surface area contributed by atoms with Gasteiger partial charge in [-0.2, -0.15) is 0 Å². The molecule has 0 radical (unpaired) electrons. The van der Waals surface area contributed by atoms with Gasteiger partial charge in [0.15, 0.2) is 0 Å². The minimum absolute atomic E-state index is 0. The summed E-state index contributed by atoms with van der Waals surface area (Å²) in [5.41, 5.74) is 3.88. The van der Waals surface area contributed by atoms with Gasteiger partial charge >= 0.3 is 0 Å². The first-order valence-corrected chi connectivity index (χ1v) is 5.11. The number of aryl methyl sites for hydroxylation is 1. The molecule has 0 atom stereocenters. The van der Waals surface area contributed by atoms with Crippen LogP contribution in [0.4, 0.5) is 0 Å². The largest absolute Gasteiger partial charge is 0.0991 e. The van der Waals surface area contributed by atoms with Gasteiger partial charge in [0.25, 0.3) is 0 Å². The first-order valence-electron chi connectivity index (χ1n) is 5.11. The molecule has 0 heterocycles. The van der Waals surface area contributed by atoms with Gasteiger partial charge in [0.2, 0.25) is 0 Å². The third-order valence-electron chi connectivity index (χ3n) is 1.94. The Morgan fingerprint density at radius 2 is 1.73 bits per heavy atom. The lowest BCUT2D eigenvalue weighted by Gasteiger charge is -2.03. The molecule has 0 aliphatic rings. The summed E-state index contributed by atoms with van der Waals surface area (Å²) in [6, 6.07) is 8.36. The summed E-state index contributed by atoms with van der Waals surface area (Å²) in [5.74, 6) is 0. The van der Waals surface area contributed by atoms with Gasteiger partial charge in [-0.25, -0.2) is 0 Å². The Hall–Kier alpha value is -1.30. The van der Waals surface area contributed by atoms with Gasteiger partial charge in [0.05, 0.1) is 0 Å². The Bertz CT molecular complexity index is 306. The molecule has 0 heteroatoms. The highest BCUT2D eigenvalue weighted by Crippen LogP contribution is 2.17. The lowest BCUT2D eigenvalue weighted by Crippen LogP contribution is -1.83. The van der Waals surface area contributed by atoms with Gasteiger partial charge < -0.3 is 0 Å². The molecule has 0 spiro atoms. The third-order valence-corrected chi connectivity index (χ3v) is 1.94. The maximum absolute atomic E-state index is 3.68. The zero-order valence-electron chi connectivity index (χ0n) is 9.67. The molecule has 1 rings (SSSR count). The van der Waals surface area contributed by atoms with Crippen molar-refractivity contribution in [2.24, 2.45) is 0 Å². The summed E-state index contributed by atoms with van der Waals surface area (Å²) in [7, 11) is 0. The van der Waals surface area contributed by atoms with E-state index >= 15 is 0 Å². The predicted octanol–water partition coefficient (Wildman–Crippen LogP) is 5.25. The van der Waals surface area contributed by atoms with Gasteiger partial charge in [-0.1, -0.05) is 64.3 Å². The molecule has 0 nitrogen and oxygen atoms in total. The summed E-state index contributed by atoms with van der Waals surface area (Å²) in [4.78, 5) is 0. The molecular formula is C15H24. The summed E-state index contributed by atoms with van der Waals surface area (Å²) in [6.45, 7) is 11.9. The number of benzene rings is 1. The van der Waals surface area contributed by atoms with Gasteiger partial charge in [-0.15, -0.1) is 0 Å². The number of hydrogen-bond donors (Lipinski definition) is 0. The van der Waals surface area contributed by atoms with Crippen molar-refractivity contribution in [2.75, 3.05) is 0 Å². The Labute approximate surface area is 95.3 Å². The molecule has 0 fully saturated rings. The van der Waals surface area contributed by atoms with Crippen molar-refractivity contribution in [3.05, 3.63) is 54.1 Å². The highest BCUT2D eigenvalue weighted by Gasteiger charge is 1.96. The van der Waals surface area contributed by atoms with Gasteiger partial charge in [0, 0.05) is 0 Å². The smallest absolute Gasteiger partial charge is 0.0198 e. The highest BCUT2D eigenvalue weighted by molar-refractivity contribution is 5.67. The Morgan fingerprint density at radius 1 is 1.20 bits per heavy atom. The van der Waals surface area contributed by atoms with Crippen LogP contribution in [0.1, 0.15) is 39.3 Å². The first kappa shape index (κ1) is 16.1. The topological polar surface area (TPSA) is 0 Å². The molecule has 84 valence electrons. The van der Waals surface area contributed by atoms with E-state index in [9.17, 15) is 0 Å². The van der Waals surface area contributed by atoms with E-state index in [1.807, 2.05) is 26.0 Å². The van der Waals surface area contributed by atoms with Crippen LogP contribution in [0.2, 0.25) is 0 Å². The van der Waals surface area contributed by atoms with Crippen LogP contribution in [0.25, 0.3) is 5.57 Å². The quantitative estimate of drug-likeness (QED) is 0.577. The van der Waals surface area contributed by atoms with Crippen molar-refractivity contribution < 1.29 is 0 Å². The lowest BCUT2D eigenvalue weighted by molar-refractivity contribution is 1.41. The maximum atomic E-state index is 3.68. The molecule has 0 bridgehead atoms. The Balaban J connectivity index is 0. The molecular weight excluding hydrogens is 180 g/mol. The van der Waals surface area contributed by atoms with Crippen LogP contribution in [0.5, 0.6) is 0 Å². The van der Waals surface area contributed by atoms with E-state index in [0.29, 0.717) is 0 Å². The standard InChI is InChI=1S/C12H14.C2H6.CH4/c1-4-7-10(2)12-9-6-5-8-11(12)3;1-2;/h4-9H,1H2,2-3H3;1-2H3;1H4/b10-7-;;. The van der Waals surface area contributed by atoms with E-state index < -0.39 is 0 Å². The van der Waals surface area contributed by atoms with Crippen LogP contribution in [-0.2, 0) is 0 Å². The molecule has 0 N–H and O–H groups in total. The van der Waals surface area contributed by atoms with E-state index in [4.69, 9.17) is 0 Å². The average molecular weight is 204 g/mol. The van der Waals surface area contributed by atoms with Crippen molar-refractivity contribution in [2.45, 2.75) is 35.1 Å². The Morgan fingerprint density at radius 3 is 2.20 bits per heavy atom. The van der Waals surface area contributed by atoms with E-state index in [1.54, 1.807) is 0 Å². The molecule has 15 heavy (non-hydrogen) atoms. The van der Waals surface area contributed by atoms with Crippen molar-refractivity contribution in [3.63, 3.8) is 0 Å². The monoisotopic (exact) mass is 204 g/mol. The van der Waals surface area contributed by atoms with E-state index in [2.05, 4.69) is 44.7 Å². The minimum atomic E-state index is 0. The SMILES string of the molecule is C.C=C/C=C(/C)c1ccccc1C.CC. The number of allylic oxidation sites excluding steroid dienone is 3. The zero-order valence-corrected chi connectivity index (χ0v) is 9.67. The van der Waals surface area contributed by atoms with Crippen LogP contribution in [0, 0.1) is 6.92 Å². The van der Waals surface area contributed by atoms with Crippen LogP contribution in [0.3, 0.4) is 0 Å². The van der Waals surface area contributed by atoms with Crippen LogP contribution >= 0.6 is 0 Å². The predicted molar refractivity (Wildman–Crippen MR) is 73.1 cm³/mol. The second-order valence-corrected chi connectivity index (χ2v) is 2.90. The fraction of sp³-hybridized carbons (Fsp3) is 0.333. The molecule has 1 aromatic carbocycles. The fourth-order valence-electron chi connectivity index (χ4n) is 1.28. The molecule has 0 amide bonds. The molecule has 1 aromatic rings. The summed E-state index contributed by atoms with van der Waals surface area (Å²) in [5, 5.41) is 0. The molecule has 0 aromatic heterocycles. The van der Waals surface area contributed by atoms with E-state index in [-0.39, 0.29) is 7.43 Å². The molecule has 0 aliphatic carbocycles. The van der Waals surface area contributed by atoms with Crippen LogP contribution < -0.4 is 0 Å². The lowest BCUT2D eigenvalue weighted by atomic mass is 10.0. The Kier molecular flexibility index (Phi) is 9.97. The number of rotatable bonds is 2. The molecule has 0 aliphatic heterocycles. The van der Waals surface area contributed by atoms with Gasteiger partial charge in [-0.05, 0) is 30.5 Å². The van der Waals surface area contributed by atoms with Crippen LogP contribution in [0.15, 0.2) is 43.0 Å². The van der Waals surface area contributed by atoms with Gasteiger partial charge in [0.1, 0.15) is 0 Å². The van der Waals surface area contributed by atoms with Crippen molar-refractivity contribution in [1.29, 1.82) is 0 Å². The highest BCUT2D eigenvalue weighted by atomic mass is 14.0. The second-order valence-electron chi connectivity index (χ2n) is 2.90. The van der Waals surface area contributed by atoms with Crippen molar-refractivity contribution in [3.8, 4) is 0 Å². The first-order chi connectivity index (χ1) is 6.75. The molecule has 0 unspecified atom stereocenters. The van der Waals surface area contributed by atoms with Crippen LogP contribution in [-0.4, -0.2) is 0 Å². The van der Waals surface area contributed by atoms with E-state index in [1.165, 1.54) is 16.7 Å². The van der Waals surface area contributed by atoms with E-state index in [0.717, 1.165) is 0 Å². The molecule has 0 saturated carbocycles. The van der Waals surface area contributed by atoms with Crippen molar-refractivity contribution >= 4 is 5.57 Å².